The Labute approximate surface area is 117 Å². The molecule has 4 heteroatoms. The second-order valence-electron chi connectivity index (χ2n) is 5.78. The van der Waals surface area contributed by atoms with Gasteiger partial charge in [0.2, 0.25) is 0 Å². The second kappa shape index (κ2) is 4.35. The van der Waals surface area contributed by atoms with Crippen molar-refractivity contribution in [1.82, 2.24) is 9.88 Å². The Morgan fingerprint density at radius 2 is 2.25 bits per heavy atom. The fourth-order valence-electron chi connectivity index (χ4n) is 3.82. The van der Waals surface area contributed by atoms with Crippen LogP contribution in [0.2, 0.25) is 0 Å². The summed E-state index contributed by atoms with van der Waals surface area (Å²) in [5, 5.41) is 1.34. The summed E-state index contributed by atoms with van der Waals surface area (Å²) in [5.74, 6) is -0.0561. The molecule has 1 aromatic carbocycles. The average Bonchev–Trinajstić information content (AvgIpc) is 3.07. The normalized spacial score (nSPS) is 25.4. The van der Waals surface area contributed by atoms with Crippen molar-refractivity contribution in [3.05, 3.63) is 35.5 Å². The van der Waals surface area contributed by atoms with Crippen LogP contribution >= 0.6 is 0 Å². The number of ether oxygens (including phenoxy) is 1. The van der Waals surface area contributed by atoms with E-state index in [2.05, 4.69) is 34.1 Å². The number of aromatic amines is 1. The molecule has 2 aromatic rings. The van der Waals surface area contributed by atoms with Crippen LogP contribution in [0.5, 0.6) is 0 Å². The SMILES string of the molecule is COC(=O)[C@H]1C[C@@H]2c3[nH]c4ccccc4c3CCN2C1. The van der Waals surface area contributed by atoms with E-state index in [1.165, 1.54) is 29.3 Å². The minimum atomic E-state index is -0.0722. The summed E-state index contributed by atoms with van der Waals surface area (Å²) >= 11 is 0. The van der Waals surface area contributed by atoms with Gasteiger partial charge in [0.15, 0.2) is 0 Å². The average molecular weight is 270 g/mol. The Balaban J connectivity index is 1.74. The Kier molecular flexibility index (Phi) is 2.60. The van der Waals surface area contributed by atoms with E-state index in [1.54, 1.807) is 0 Å². The quantitative estimate of drug-likeness (QED) is 0.808. The van der Waals surface area contributed by atoms with Gasteiger partial charge in [0, 0.05) is 29.7 Å². The first-order valence-electron chi connectivity index (χ1n) is 7.19. The lowest BCUT2D eigenvalue weighted by Crippen LogP contribution is -2.31. The summed E-state index contributed by atoms with van der Waals surface area (Å²) in [6.45, 7) is 1.86. The van der Waals surface area contributed by atoms with Crippen LogP contribution in [0.3, 0.4) is 0 Å². The van der Waals surface area contributed by atoms with Crippen molar-refractivity contribution < 1.29 is 9.53 Å². The number of fused-ring (bicyclic) bond motifs is 5. The number of esters is 1. The molecular weight excluding hydrogens is 252 g/mol. The van der Waals surface area contributed by atoms with Crippen LogP contribution in [0.15, 0.2) is 24.3 Å². The molecule has 4 rings (SSSR count). The third-order valence-electron chi connectivity index (χ3n) is 4.77. The molecule has 1 aromatic heterocycles. The van der Waals surface area contributed by atoms with E-state index in [9.17, 15) is 4.79 Å². The Morgan fingerprint density at radius 1 is 1.40 bits per heavy atom. The molecule has 20 heavy (non-hydrogen) atoms. The van der Waals surface area contributed by atoms with Gasteiger partial charge in [-0.2, -0.15) is 0 Å². The molecule has 4 nitrogen and oxygen atoms in total. The number of methoxy groups -OCH3 is 1. The van der Waals surface area contributed by atoms with E-state index >= 15 is 0 Å². The molecule has 1 N–H and O–H groups in total. The Morgan fingerprint density at radius 3 is 3.10 bits per heavy atom. The number of para-hydroxylation sites is 1. The van der Waals surface area contributed by atoms with Crippen molar-refractivity contribution in [1.29, 1.82) is 0 Å². The molecule has 0 spiro atoms. The van der Waals surface area contributed by atoms with E-state index < -0.39 is 0 Å². The summed E-state index contributed by atoms with van der Waals surface area (Å²) in [6.07, 6.45) is 1.93. The standard InChI is InChI=1S/C16H18N2O2/c1-20-16(19)10-8-14-15-12(6-7-18(14)9-10)11-4-2-3-5-13(11)17-15/h2-5,10,14,17H,6-9H2,1H3/t10-,14+/m0/s1. The van der Waals surface area contributed by atoms with Crippen LogP contribution < -0.4 is 0 Å². The fraction of sp³-hybridized carbons (Fsp3) is 0.438. The molecule has 1 fully saturated rings. The first-order chi connectivity index (χ1) is 9.78. The number of hydrogen-bond donors (Lipinski definition) is 1. The van der Waals surface area contributed by atoms with Crippen LogP contribution in [0.25, 0.3) is 10.9 Å². The zero-order valence-corrected chi connectivity index (χ0v) is 11.6. The summed E-state index contributed by atoms with van der Waals surface area (Å²) in [4.78, 5) is 17.8. The first-order valence-corrected chi connectivity index (χ1v) is 7.19. The van der Waals surface area contributed by atoms with Gasteiger partial charge in [0.1, 0.15) is 0 Å². The Bertz CT molecular complexity index is 676. The molecule has 104 valence electrons. The highest BCUT2D eigenvalue weighted by Gasteiger charge is 2.41. The molecule has 0 unspecified atom stereocenters. The number of nitrogens with one attached hydrogen (secondary N) is 1. The van der Waals surface area contributed by atoms with Gasteiger partial charge in [-0.25, -0.2) is 0 Å². The van der Waals surface area contributed by atoms with E-state index in [1.807, 2.05) is 0 Å². The monoisotopic (exact) mass is 270 g/mol. The molecule has 2 aliphatic heterocycles. The molecule has 0 aliphatic carbocycles. The number of nitrogens with zero attached hydrogens (tertiary/aromatic N) is 1. The number of rotatable bonds is 1. The highest BCUT2D eigenvalue weighted by atomic mass is 16.5. The maximum absolute atomic E-state index is 11.8. The molecule has 3 heterocycles. The minimum absolute atomic E-state index is 0.0161. The summed E-state index contributed by atoms with van der Waals surface area (Å²) in [6, 6.07) is 8.82. The molecule has 0 radical (unpaired) electrons. The van der Waals surface area contributed by atoms with Gasteiger partial charge in [-0.05, 0) is 24.5 Å². The summed E-state index contributed by atoms with van der Waals surface area (Å²) in [7, 11) is 1.48. The van der Waals surface area contributed by atoms with Crippen molar-refractivity contribution in [2.75, 3.05) is 20.2 Å². The van der Waals surface area contributed by atoms with Crippen molar-refractivity contribution >= 4 is 16.9 Å². The molecular formula is C16H18N2O2. The lowest BCUT2D eigenvalue weighted by molar-refractivity contribution is -0.144. The van der Waals surface area contributed by atoms with Crippen LogP contribution in [0.1, 0.15) is 23.7 Å². The minimum Gasteiger partial charge on any atom is -0.469 e. The highest BCUT2D eigenvalue weighted by molar-refractivity contribution is 5.85. The van der Waals surface area contributed by atoms with E-state index in [0.717, 1.165) is 25.9 Å². The molecule has 0 saturated carbocycles. The van der Waals surface area contributed by atoms with Gasteiger partial charge in [-0.3, -0.25) is 9.69 Å². The van der Waals surface area contributed by atoms with Crippen LogP contribution in [0.4, 0.5) is 0 Å². The van der Waals surface area contributed by atoms with Crippen molar-refractivity contribution in [3.8, 4) is 0 Å². The molecule has 1 saturated heterocycles. The zero-order valence-electron chi connectivity index (χ0n) is 11.6. The molecule has 2 atom stereocenters. The lowest BCUT2D eigenvalue weighted by atomic mass is 9.96. The summed E-state index contributed by atoms with van der Waals surface area (Å²) in [5.41, 5.74) is 3.96. The predicted octanol–water partition coefficient (Wildman–Crippen LogP) is 2.26. The van der Waals surface area contributed by atoms with Crippen LogP contribution in [-0.4, -0.2) is 36.1 Å². The third kappa shape index (κ3) is 1.61. The predicted molar refractivity (Wildman–Crippen MR) is 76.4 cm³/mol. The van der Waals surface area contributed by atoms with Gasteiger partial charge < -0.3 is 9.72 Å². The first kappa shape index (κ1) is 12.0. The van der Waals surface area contributed by atoms with Gasteiger partial charge in [0.25, 0.3) is 0 Å². The number of H-pyrrole nitrogens is 1. The third-order valence-corrected chi connectivity index (χ3v) is 4.77. The largest absolute Gasteiger partial charge is 0.469 e. The van der Waals surface area contributed by atoms with Crippen LogP contribution in [0, 0.1) is 5.92 Å². The van der Waals surface area contributed by atoms with Crippen LogP contribution in [-0.2, 0) is 16.0 Å². The molecule has 0 bridgehead atoms. The van der Waals surface area contributed by atoms with E-state index in [0.29, 0.717) is 6.04 Å². The zero-order chi connectivity index (χ0) is 13.7. The van der Waals surface area contributed by atoms with Gasteiger partial charge in [-0.1, -0.05) is 18.2 Å². The second-order valence-corrected chi connectivity index (χ2v) is 5.78. The van der Waals surface area contributed by atoms with Crippen molar-refractivity contribution in [2.45, 2.75) is 18.9 Å². The number of aromatic nitrogens is 1. The number of carbonyl (C=O) groups excluding carboxylic acids is 1. The molecule has 0 amide bonds. The molecule has 2 aliphatic rings. The number of benzene rings is 1. The van der Waals surface area contributed by atoms with E-state index in [-0.39, 0.29) is 11.9 Å². The lowest BCUT2D eigenvalue weighted by Gasteiger charge is -2.29. The topological polar surface area (TPSA) is 45.3 Å². The van der Waals surface area contributed by atoms with Gasteiger partial charge in [0.05, 0.1) is 19.1 Å². The number of carbonyl (C=O) groups is 1. The fourth-order valence-corrected chi connectivity index (χ4v) is 3.82. The summed E-state index contributed by atoms with van der Waals surface area (Å²) < 4.78 is 4.91. The Hall–Kier alpha value is -1.81. The van der Waals surface area contributed by atoms with Crippen molar-refractivity contribution in [3.63, 3.8) is 0 Å². The number of hydrogen-bond acceptors (Lipinski definition) is 3. The van der Waals surface area contributed by atoms with Crippen molar-refractivity contribution in [2.24, 2.45) is 5.92 Å². The van der Waals surface area contributed by atoms with E-state index in [4.69, 9.17) is 4.74 Å². The van der Waals surface area contributed by atoms with Gasteiger partial charge in [-0.15, -0.1) is 0 Å². The highest BCUT2D eigenvalue weighted by Crippen LogP contribution is 2.42. The maximum atomic E-state index is 11.8. The van der Waals surface area contributed by atoms with Gasteiger partial charge >= 0.3 is 5.97 Å². The smallest absolute Gasteiger partial charge is 0.310 e. The maximum Gasteiger partial charge on any atom is 0.310 e.